The minimum Gasteiger partial charge on any atom is -0.375 e. The Bertz CT molecular complexity index is 1030. The minimum atomic E-state index is -0.414. The van der Waals surface area contributed by atoms with Gasteiger partial charge >= 0.3 is 0 Å². The van der Waals surface area contributed by atoms with Crippen molar-refractivity contribution in [1.29, 1.82) is 0 Å². The van der Waals surface area contributed by atoms with Gasteiger partial charge in [0.25, 0.3) is 11.5 Å². The molecular weight excluding hydrogens is 376 g/mol. The highest BCUT2D eigenvalue weighted by molar-refractivity contribution is 6.33. The van der Waals surface area contributed by atoms with Gasteiger partial charge in [-0.2, -0.15) is 9.78 Å². The fraction of sp³-hybridized carbons (Fsp3) is 0.190. The van der Waals surface area contributed by atoms with Crippen LogP contribution in [0.15, 0.2) is 65.6 Å². The van der Waals surface area contributed by atoms with Crippen LogP contribution in [-0.4, -0.2) is 29.8 Å². The van der Waals surface area contributed by atoms with Gasteiger partial charge in [-0.3, -0.25) is 9.59 Å². The monoisotopic (exact) mass is 396 g/mol. The van der Waals surface area contributed by atoms with Crippen LogP contribution in [0.3, 0.4) is 0 Å². The van der Waals surface area contributed by atoms with Gasteiger partial charge in [-0.1, -0.05) is 41.9 Å². The van der Waals surface area contributed by atoms with Crippen LogP contribution in [0.25, 0.3) is 5.69 Å². The van der Waals surface area contributed by atoms with Gasteiger partial charge in [-0.25, -0.2) is 0 Å². The van der Waals surface area contributed by atoms with E-state index < -0.39 is 5.56 Å². The summed E-state index contributed by atoms with van der Waals surface area (Å²) in [7, 11) is 3.58. The number of benzene rings is 2. The fourth-order valence-corrected chi connectivity index (χ4v) is 3.08. The van der Waals surface area contributed by atoms with E-state index in [1.807, 2.05) is 37.3 Å². The first-order valence-electron chi connectivity index (χ1n) is 8.80. The number of halogens is 1. The summed E-state index contributed by atoms with van der Waals surface area (Å²) in [5.74, 6) is -0.191. The molecule has 0 aliphatic heterocycles. The van der Waals surface area contributed by atoms with Crippen molar-refractivity contribution in [2.24, 2.45) is 0 Å². The Labute approximate surface area is 168 Å². The molecule has 2 aromatic carbocycles. The van der Waals surface area contributed by atoms with Gasteiger partial charge in [0, 0.05) is 19.7 Å². The molecule has 1 aromatic heterocycles. The molecule has 0 bridgehead atoms. The van der Waals surface area contributed by atoms with Crippen LogP contribution in [0.4, 0.5) is 5.69 Å². The molecule has 144 valence electrons. The summed E-state index contributed by atoms with van der Waals surface area (Å²) in [6.45, 7) is 1.93. The molecule has 1 unspecified atom stereocenters. The molecule has 0 aliphatic rings. The van der Waals surface area contributed by atoms with E-state index in [0.717, 1.165) is 5.56 Å². The molecule has 0 fully saturated rings. The van der Waals surface area contributed by atoms with Gasteiger partial charge in [0.05, 0.1) is 23.6 Å². The van der Waals surface area contributed by atoms with Crippen LogP contribution in [0, 0.1) is 0 Å². The molecule has 7 heteroatoms. The average molecular weight is 397 g/mol. The molecule has 1 amide bonds. The molecule has 28 heavy (non-hydrogen) atoms. The Kier molecular flexibility index (Phi) is 5.80. The molecule has 0 saturated carbocycles. The second-order valence-corrected chi connectivity index (χ2v) is 6.99. The zero-order valence-corrected chi connectivity index (χ0v) is 16.6. The normalized spacial score (nSPS) is 11.7. The first kappa shape index (κ1) is 19.6. The zero-order valence-electron chi connectivity index (χ0n) is 15.9. The van der Waals surface area contributed by atoms with E-state index in [-0.39, 0.29) is 17.0 Å². The summed E-state index contributed by atoms with van der Waals surface area (Å²) < 4.78 is 1.21. The number of nitrogens with one attached hydrogen (secondary N) is 1. The molecule has 0 spiro atoms. The first-order chi connectivity index (χ1) is 13.4. The minimum absolute atomic E-state index is 0.0958. The summed E-state index contributed by atoms with van der Waals surface area (Å²) >= 11 is 6.16. The molecule has 1 heterocycles. The largest absolute Gasteiger partial charge is 0.375 e. The summed E-state index contributed by atoms with van der Waals surface area (Å²) in [5, 5.41) is 7.23. The number of rotatable bonds is 5. The van der Waals surface area contributed by atoms with Crippen LogP contribution >= 0.6 is 11.6 Å². The van der Waals surface area contributed by atoms with Gasteiger partial charge in [-0.05, 0) is 36.8 Å². The van der Waals surface area contributed by atoms with Gasteiger partial charge in [0.2, 0.25) is 0 Å². The van der Waals surface area contributed by atoms with Crippen molar-refractivity contribution in [3.63, 3.8) is 0 Å². The maximum absolute atomic E-state index is 12.5. The molecule has 0 saturated heterocycles. The van der Waals surface area contributed by atoms with Crippen molar-refractivity contribution in [2.75, 3.05) is 19.0 Å². The molecule has 0 radical (unpaired) electrons. The van der Waals surface area contributed by atoms with E-state index in [2.05, 4.69) is 10.4 Å². The van der Waals surface area contributed by atoms with Crippen LogP contribution in [0.5, 0.6) is 0 Å². The maximum Gasteiger partial charge on any atom is 0.292 e. The number of anilines is 1. The number of carbonyl (C=O) groups is 1. The Balaban J connectivity index is 1.79. The third-order valence-corrected chi connectivity index (χ3v) is 4.76. The Morgan fingerprint density at radius 3 is 2.36 bits per heavy atom. The molecule has 6 nitrogen and oxygen atoms in total. The highest BCUT2D eigenvalue weighted by atomic mass is 35.5. The number of carbonyl (C=O) groups excluding carboxylic acids is 1. The van der Waals surface area contributed by atoms with Crippen molar-refractivity contribution >= 4 is 23.2 Å². The average Bonchev–Trinajstić information content (AvgIpc) is 2.70. The van der Waals surface area contributed by atoms with Crippen molar-refractivity contribution in [1.82, 2.24) is 15.1 Å². The van der Waals surface area contributed by atoms with Crippen LogP contribution in [-0.2, 0) is 0 Å². The van der Waals surface area contributed by atoms with E-state index in [1.54, 1.807) is 43.3 Å². The SMILES string of the molecule is CC(NC(=O)c1ccc(-n2ncc(N(C)C)c(Cl)c2=O)cc1)c1ccccc1. The Morgan fingerprint density at radius 2 is 1.75 bits per heavy atom. The third kappa shape index (κ3) is 4.07. The fourth-order valence-electron chi connectivity index (χ4n) is 2.78. The van der Waals surface area contributed by atoms with Crippen LogP contribution in [0.2, 0.25) is 5.02 Å². The van der Waals surface area contributed by atoms with Gasteiger partial charge in [0.1, 0.15) is 5.02 Å². The predicted molar refractivity (Wildman–Crippen MR) is 111 cm³/mol. The van der Waals surface area contributed by atoms with E-state index >= 15 is 0 Å². The molecule has 3 aromatic rings. The van der Waals surface area contributed by atoms with E-state index in [0.29, 0.717) is 16.9 Å². The van der Waals surface area contributed by atoms with Crippen molar-refractivity contribution in [3.05, 3.63) is 87.3 Å². The standard InChI is InChI=1S/C21H21ClN4O2/c1-14(15-7-5-4-6-8-15)24-20(27)16-9-11-17(12-10-16)26-21(28)19(22)18(13-23-26)25(2)3/h4-14H,1-3H3,(H,24,27). The highest BCUT2D eigenvalue weighted by Gasteiger charge is 2.14. The quantitative estimate of drug-likeness (QED) is 0.717. The number of aromatic nitrogens is 2. The first-order valence-corrected chi connectivity index (χ1v) is 9.17. The van der Waals surface area contributed by atoms with Crippen molar-refractivity contribution < 1.29 is 4.79 Å². The summed E-state index contributed by atoms with van der Waals surface area (Å²) in [6.07, 6.45) is 1.53. The van der Waals surface area contributed by atoms with Crippen molar-refractivity contribution in [3.8, 4) is 5.69 Å². The second-order valence-electron chi connectivity index (χ2n) is 6.61. The van der Waals surface area contributed by atoms with Gasteiger partial charge < -0.3 is 10.2 Å². The Hall–Kier alpha value is -3.12. The highest BCUT2D eigenvalue weighted by Crippen LogP contribution is 2.19. The van der Waals surface area contributed by atoms with Crippen LogP contribution in [0.1, 0.15) is 28.9 Å². The van der Waals surface area contributed by atoms with Crippen LogP contribution < -0.4 is 15.8 Å². The molecule has 0 aliphatic carbocycles. The van der Waals surface area contributed by atoms with Gasteiger partial charge in [-0.15, -0.1) is 0 Å². The topological polar surface area (TPSA) is 67.2 Å². The number of hydrogen-bond acceptors (Lipinski definition) is 4. The summed E-state index contributed by atoms with van der Waals surface area (Å²) in [4.78, 5) is 26.7. The lowest BCUT2D eigenvalue weighted by molar-refractivity contribution is 0.0940. The zero-order chi connectivity index (χ0) is 20.3. The molecule has 1 N–H and O–H groups in total. The smallest absolute Gasteiger partial charge is 0.292 e. The summed E-state index contributed by atoms with van der Waals surface area (Å²) in [5.41, 5.74) is 2.19. The van der Waals surface area contributed by atoms with Crippen molar-refractivity contribution in [2.45, 2.75) is 13.0 Å². The van der Waals surface area contributed by atoms with E-state index in [1.165, 1.54) is 10.9 Å². The molecular formula is C21H21ClN4O2. The van der Waals surface area contributed by atoms with E-state index in [9.17, 15) is 9.59 Å². The number of hydrogen-bond donors (Lipinski definition) is 1. The number of amides is 1. The van der Waals surface area contributed by atoms with Gasteiger partial charge in [0.15, 0.2) is 0 Å². The maximum atomic E-state index is 12.5. The lowest BCUT2D eigenvalue weighted by Crippen LogP contribution is -2.27. The lowest BCUT2D eigenvalue weighted by atomic mass is 10.1. The lowest BCUT2D eigenvalue weighted by Gasteiger charge is -2.15. The predicted octanol–water partition coefficient (Wildman–Crippen LogP) is 3.44. The second kappa shape index (κ2) is 8.27. The third-order valence-electron chi connectivity index (χ3n) is 4.40. The Morgan fingerprint density at radius 1 is 1.11 bits per heavy atom. The van der Waals surface area contributed by atoms with E-state index in [4.69, 9.17) is 11.6 Å². The molecule has 3 rings (SSSR count). The molecule has 1 atom stereocenters. The number of nitrogens with zero attached hydrogens (tertiary/aromatic N) is 3. The summed E-state index contributed by atoms with van der Waals surface area (Å²) in [6, 6.07) is 16.3.